The Kier molecular flexibility index (Phi) is 3.67. The number of aliphatic hydroxyl groups is 1. The predicted molar refractivity (Wildman–Crippen MR) is 82.6 cm³/mol. The van der Waals surface area contributed by atoms with Crippen molar-refractivity contribution in [1.82, 2.24) is 0 Å². The summed E-state index contributed by atoms with van der Waals surface area (Å²) in [5.74, 6) is 0. The molecule has 0 aliphatic carbocycles. The number of nitrogens with zero attached hydrogens (tertiary/aromatic N) is 1. The molecule has 1 aliphatic heterocycles. The molecule has 1 saturated heterocycles. The minimum absolute atomic E-state index is 0.0930. The molecule has 1 aliphatic rings. The van der Waals surface area contributed by atoms with Crippen molar-refractivity contribution in [1.29, 1.82) is 0 Å². The first-order valence-corrected chi connectivity index (χ1v) is 7.37. The lowest BCUT2D eigenvalue weighted by Crippen LogP contribution is -2.49. The Labute approximate surface area is 134 Å². The Morgan fingerprint density at radius 3 is 2.29 bits per heavy atom. The van der Waals surface area contributed by atoms with Gasteiger partial charge in [0, 0.05) is 13.1 Å². The first-order chi connectivity index (χ1) is 11.1. The van der Waals surface area contributed by atoms with Crippen LogP contribution in [0.4, 0.5) is 24.5 Å². The Morgan fingerprint density at radius 1 is 1.12 bits per heavy atom. The van der Waals surface area contributed by atoms with E-state index in [0.29, 0.717) is 0 Å². The van der Waals surface area contributed by atoms with E-state index in [9.17, 15) is 27.9 Å². The Morgan fingerprint density at radius 2 is 1.75 bits per heavy atom. The number of hydrogen-bond acceptors (Lipinski definition) is 5. The number of alkyl halides is 3. The third-order valence-electron chi connectivity index (χ3n) is 4.56. The molecule has 5 nitrogen and oxygen atoms in total. The van der Waals surface area contributed by atoms with Gasteiger partial charge in [-0.25, -0.2) is 0 Å². The van der Waals surface area contributed by atoms with Crippen LogP contribution >= 0.6 is 0 Å². The van der Waals surface area contributed by atoms with E-state index in [0.717, 1.165) is 12.1 Å². The van der Waals surface area contributed by atoms with Crippen LogP contribution in [0.25, 0.3) is 0 Å². The van der Waals surface area contributed by atoms with E-state index < -0.39 is 28.2 Å². The van der Waals surface area contributed by atoms with Crippen molar-refractivity contribution in [2.45, 2.75) is 24.6 Å². The number of benzene rings is 1. The highest BCUT2D eigenvalue weighted by molar-refractivity contribution is 5.72. The molecule has 2 aromatic rings. The van der Waals surface area contributed by atoms with Crippen LogP contribution in [0.5, 0.6) is 0 Å². The van der Waals surface area contributed by atoms with Crippen molar-refractivity contribution in [3.63, 3.8) is 0 Å². The average molecular weight is 340 g/mol. The fraction of sp³-hybridized carbons (Fsp3) is 0.375. The number of rotatable bonds is 2. The quantitative estimate of drug-likeness (QED) is 0.807. The fourth-order valence-corrected chi connectivity index (χ4v) is 3.09. The molecule has 0 unspecified atom stereocenters. The van der Waals surface area contributed by atoms with Crippen LogP contribution in [0.2, 0.25) is 0 Å². The number of nitrogen functional groups attached to an aromatic ring is 1. The van der Waals surface area contributed by atoms with Gasteiger partial charge in [0.15, 0.2) is 0 Å². The minimum atomic E-state index is -4.48. The molecule has 0 bridgehead atoms. The summed E-state index contributed by atoms with van der Waals surface area (Å²) < 4.78 is 38.5. The van der Waals surface area contributed by atoms with Gasteiger partial charge < -0.3 is 15.7 Å². The first kappa shape index (κ1) is 16.5. The molecule has 0 atom stereocenters. The van der Waals surface area contributed by atoms with Crippen molar-refractivity contribution in [3.8, 4) is 0 Å². The molecule has 2 aromatic carbocycles. The van der Waals surface area contributed by atoms with Crippen LogP contribution in [0.15, 0.2) is 33.9 Å². The maximum Gasteiger partial charge on any atom is 0.416 e. The van der Waals surface area contributed by atoms with Gasteiger partial charge in [-0.1, -0.05) is 12.1 Å². The maximum absolute atomic E-state index is 12.8. The summed E-state index contributed by atoms with van der Waals surface area (Å²) in [6, 6.07) is 4.61. The van der Waals surface area contributed by atoms with E-state index in [4.69, 9.17) is 5.73 Å². The van der Waals surface area contributed by atoms with Crippen LogP contribution in [-0.2, 0) is 11.8 Å². The zero-order valence-electron chi connectivity index (χ0n) is 12.6. The van der Waals surface area contributed by atoms with E-state index in [1.54, 1.807) is 4.90 Å². The van der Waals surface area contributed by atoms with Crippen LogP contribution < -0.4 is 21.5 Å². The largest absolute Gasteiger partial charge is 0.416 e. The monoisotopic (exact) mass is 340 g/mol. The Hall–Kier alpha value is -2.35. The van der Waals surface area contributed by atoms with Crippen molar-refractivity contribution >= 4 is 11.4 Å². The van der Waals surface area contributed by atoms with Crippen LogP contribution in [0, 0.1) is 0 Å². The molecule has 0 aromatic heterocycles. The van der Waals surface area contributed by atoms with Crippen LogP contribution in [0.3, 0.4) is 0 Å². The molecular formula is C16H15F3N2O3. The van der Waals surface area contributed by atoms with Gasteiger partial charge in [-0.2, -0.15) is 13.2 Å². The highest BCUT2D eigenvalue weighted by Crippen LogP contribution is 2.37. The van der Waals surface area contributed by atoms with Crippen molar-refractivity contribution < 1.29 is 18.3 Å². The molecule has 0 spiro atoms. The number of anilines is 2. The normalized spacial score (nSPS) is 18.1. The summed E-state index contributed by atoms with van der Waals surface area (Å²) in [6.07, 6.45) is -4.22. The first-order valence-electron chi connectivity index (χ1n) is 7.37. The average Bonchev–Trinajstić information content (AvgIpc) is 2.56. The summed E-state index contributed by atoms with van der Waals surface area (Å²) in [5, 5.41) is 10.7. The summed E-state index contributed by atoms with van der Waals surface area (Å²) in [7, 11) is 0. The standard InChI is InChI=1S/C16H15F3N2O3/c17-16(18,19)10-3-1-2-9(8-10)15(24)4-6-21(7-5-15)12-11(20)13(22)14(12)23/h1-3,8,24H,4-7,20H2. The molecule has 1 fully saturated rings. The molecule has 8 heteroatoms. The van der Waals surface area contributed by atoms with Gasteiger partial charge in [-0.05, 0) is 30.5 Å². The molecule has 0 amide bonds. The summed E-state index contributed by atoms with van der Waals surface area (Å²) >= 11 is 0. The smallest absolute Gasteiger partial charge is 0.394 e. The van der Waals surface area contributed by atoms with Gasteiger partial charge in [0.05, 0.1) is 11.2 Å². The third-order valence-corrected chi connectivity index (χ3v) is 4.56. The molecule has 24 heavy (non-hydrogen) atoms. The number of piperidine rings is 1. The second-order valence-electron chi connectivity index (χ2n) is 6.02. The summed E-state index contributed by atoms with van der Waals surface area (Å²) in [4.78, 5) is 24.3. The van der Waals surface area contributed by atoms with Crippen molar-refractivity contribution in [2.24, 2.45) is 0 Å². The molecule has 128 valence electrons. The molecule has 0 radical (unpaired) electrons. The Bertz CT molecular complexity index is 845. The topological polar surface area (TPSA) is 83.6 Å². The van der Waals surface area contributed by atoms with E-state index in [1.165, 1.54) is 12.1 Å². The van der Waals surface area contributed by atoms with E-state index in [1.807, 2.05) is 0 Å². The lowest BCUT2D eigenvalue weighted by molar-refractivity contribution is -0.137. The summed E-state index contributed by atoms with van der Waals surface area (Å²) in [6.45, 7) is 0.448. The summed E-state index contributed by atoms with van der Waals surface area (Å²) in [5.41, 5.74) is 2.15. The van der Waals surface area contributed by atoms with Gasteiger partial charge in [0.25, 0.3) is 10.9 Å². The SMILES string of the molecule is Nc1c(N2CCC(O)(c3cccc(C(F)(F)F)c3)CC2)c(=O)c1=O. The van der Waals surface area contributed by atoms with Crippen molar-refractivity contribution in [3.05, 3.63) is 55.8 Å². The molecule has 3 rings (SSSR count). The second kappa shape index (κ2) is 5.34. The molecular weight excluding hydrogens is 325 g/mol. The van der Waals surface area contributed by atoms with E-state index in [-0.39, 0.29) is 42.9 Å². The van der Waals surface area contributed by atoms with Crippen LogP contribution in [0.1, 0.15) is 24.0 Å². The molecule has 3 N–H and O–H groups in total. The predicted octanol–water partition coefficient (Wildman–Crippen LogP) is 1.37. The van der Waals surface area contributed by atoms with Gasteiger partial charge in [0.1, 0.15) is 11.4 Å². The van der Waals surface area contributed by atoms with E-state index in [2.05, 4.69) is 0 Å². The van der Waals surface area contributed by atoms with E-state index >= 15 is 0 Å². The highest BCUT2D eigenvalue weighted by Gasteiger charge is 2.38. The Balaban J connectivity index is 1.80. The molecule has 0 saturated carbocycles. The number of hydrogen-bond donors (Lipinski definition) is 2. The fourth-order valence-electron chi connectivity index (χ4n) is 3.09. The third kappa shape index (κ3) is 2.56. The van der Waals surface area contributed by atoms with Gasteiger partial charge in [-0.15, -0.1) is 0 Å². The lowest BCUT2D eigenvalue weighted by atomic mass is 9.83. The van der Waals surface area contributed by atoms with Crippen molar-refractivity contribution in [2.75, 3.05) is 23.7 Å². The lowest BCUT2D eigenvalue weighted by Gasteiger charge is -2.40. The van der Waals surface area contributed by atoms with Gasteiger partial charge in [-0.3, -0.25) is 9.59 Å². The highest BCUT2D eigenvalue weighted by atomic mass is 19.4. The number of halogens is 3. The van der Waals surface area contributed by atoms with Crippen LogP contribution in [-0.4, -0.2) is 18.2 Å². The van der Waals surface area contributed by atoms with Gasteiger partial charge >= 0.3 is 6.18 Å². The number of nitrogens with two attached hydrogens (primary N) is 1. The second-order valence-corrected chi connectivity index (χ2v) is 6.02. The minimum Gasteiger partial charge on any atom is -0.394 e. The maximum atomic E-state index is 12.8. The zero-order valence-corrected chi connectivity index (χ0v) is 12.6. The van der Waals surface area contributed by atoms with Gasteiger partial charge in [0.2, 0.25) is 0 Å². The molecule has 1 heterocycles. The zero-order chi connectivity index (χ0) is 17.7.